The Labute approximate surface area is 183 Å². The van der Waals surface area contributed by atoms with Crippen molar-refractivity contribution in [2.45, 2.75) is 44.4 Å². The van der Waals surface area contributed by atoms with Gasteiger partial charge in [0.1, 0.15) is 0 Å². The topological polar surface area (TPSA) is 79.4 Å². The maximum atomic E-state index is 13.2. The van der Waals surface area contributed by atoms with Crippen molar-refractivity contribution < 1.29 is 13.2 Å². The van der Waals surface area contributed by atoms with E-state index in [2.05, 4.69) is 10.3 Å². The maximum absolute atomic E-state index is 13.2. The van der Waals surface area contributed by atoms with Gasteiger partial charge in [-0.25, -0.2) is 8.42 Å². The van der Waals surface area contributed by atoms with Crippen molar-refractivity contribution >= 4 is 32.5 Å². The van der Waals surface area contributed by atoms with Crippen LogP contribution in [0.25, 0.3) is 10.9 Å². The number of sulfonamides is 1. The summed E-state index contributed by atoms with van der Waals surface area (Å²) in [5, 5.41) is 3.73. The third kappa shape index (κ3) is 4.20. The lowest BCUT2D eigenvalue weighted by Gasteiger charge is -2.25. The van der Waals surface area contributed by atoms with E-state index in [9.17, 15) is 13.2 Å². The molecule has 1 aliphatic heterocycles. The van der Waals surface area contributed by atoms with Crippen molar-refractivity contribution in [3.05, 3.63) is 65.4 Å². The highest BCUT2D eigenvalue weighted by Crippen LogP contribution is 2.26. The van der Waals surface area contributed by atoms with Crippen LogP contribution < -0.4 is 5.32 Å². The highest BCUT2D eigenvalue weighted by atomic mass is 32.2. The molecule has 0 bridgehead atoms. The average molecular weight is 438 g/mol. The number of hydrogen-bond donors (Lipinski definition) is 1. The predicted molar refractivity (Wildman–Crippen MR) is 123 cm³/mol. The van der Waals surface area contributed by atoms with Crippen LogP contribution in [0.3, 0.4) is 0 Å². The summed E-state index contributed by atoms with van der Waals surface area (Å²) in [6.07, 6.45) is 3.60. The summed E-state index contributed by atoms with van der Waals surface area (Å²) in [7, 11) is -3.49. The second-order valence-corrected chi connectivity index (χ2v) is 9.81. The Bertz CT molecular complexity index is 1210. The smallest absolute Gasteiger partial charge is 0.256 e. The average Bonchev–Trinajstić information content (AvgIpc) is 2.79. The number of benzene rings is 2. The van der Waals surface area contributed by atoms with Gasteiger partial charge in [0.05, 0.1) is 16.0 Å². The van der Waals surface area contributed by atoms with E-state index in [4.69, 9.17) is 0 Å². The number of piperidine rings is 1. The van der Waals surface area contributed by atoms with E-state index in [1.165, 1.54) is 0 Å². The number of pyridine rings is 1. The van der Waals surface area contributed by atoms with Gasteiger partial charge < -0.3 is 5.32 Å². The standard InChI is InChI=1S/C24H27N3O3S/c1-3-21-17(2)23(20-9-5-6-10-22(20)26-21)24(28)25-18-11-13-19(14-12-18)31(29,30)27-15-7-4-8-16-27/h5-6,9-14H,3-4,7-8,15-16H2,1-2H3,(H,25,28). The number of fused-ring (bicyclic) bond motifs is 1. The molecular weight excluding hydrogens is 410 g/mol. The number of rotatable bonds is 5. The van der Waals surface area contributed by atoms with Crippen molar-refractivity contribution in [1.29, 1.82) is 0 Å². The van der Waals surface area contributed by atoms with E-state index < -0.39 is 10.0 Å². The monoisotopic (exact) mass is 437 g/mol. The molecular formula is C24H27N3O3S. The first-order chi connectivity index (χ1) is 14.9. The van der Waals surface area contributed by atoms with E-state index in [0.717, 1.165) is 47.8 Å². The molecule has 4 rings (SSSR count). The van der Waals surface area contributed by atoms with Gasteiger partial charge in [-0.1, -0.05) is 31.5 Å². The van der Waals surface area contributed by atoms with Crippen LogP contribution in [0.4, 0.5) is 5.69 Å². The number of aryl methyl sites for hydroxylation is 1. The van der Waals surface area contributed by atoms with Crippen LogP contribution in [-0.2, 0) is 16.4 Å². The zero-order valence-electron chi connectivity index (χ0n) is 17.9. The molecule has 2 aromatic carbocycles. The maximum Gasteiger partial charge on any atom is 0.256 e. The molecule has 162 valence electrons. The first-order valence-electron chi connectivity index (χ1n) is 10.7. The minimum absolute atomic E-state index is 0.225. The number of carbonyl (C=O) groups is 1. The second-order valence-electron chi connectivity index (χ2n) is 7.87. The van der Waals surface area contributed by atoms with E-state index >= 15 is 0 Å². The number of nitrogens with zero attached hydrogens (tertiary/aromatic N) is 2. The Kier molecular flexibility index (Phi) is 6.07. The molecule has 1 fully saturated rings. The van der Waals surface area contributed by atoms with Crippen molar-refractivity contribution in [2.75, 3.05) is 18.4 Å². The summed E-state index contributed by atoms with van der Waals surface area (Å²) >= 11 is 0. The van der Waals surface area contributed by atoms with Gasteiger partial charge in [-0.2, -0.15) is 4.31 Å². The molecule has 3 aromatic rings. The van der Waals surface area contributed by atoms with E-state index in [1.807, 2.05) is 38.1 Å². The van der Waals surface area contributed by atoms with Crippen LogP contribution in [0.15, 0.2) is 53.4 Å². The molecule has 0 saturated carbocycles. The van der Waals surface area contributed by atoms with Crippen LogP contribution >= 0.6 is 0 Å². The molecule has 1 aromatic heterocycles. The lowest BCUT2D eigenvalue weighted by Crippen LogP contribution is -2.35. The number of nitrogens with one attached hydrogen (secondary N) is 1. The minimum atomic E-state index is -3.49. The van der Waals surface area contributed by atoms with Crippen molar-refractivity contribution in [3.8, 4) is 0 Å². The molecule has 1 aliphatic rings. The zero-order valence-corrected chi connectivity index (χ0v) is 18.7. The number of hydrogen-bond acceptors (Lipinski definition) is 4. The van der Waals surface area contributed by atoms with Gasteiger partial charge in [-0.05, 0) is 62.1 Å². The molecule has 7 heteroatoms. The van der Waals surface area contributed by atoms with Gasteiger partial charge in [0.15, 0.2) is 0 Å². The minimum Gasteiger partial charge on any atom is -0.322 e. The second kappa shape index (κ2) is 8.77. The quantitative estimate of drug-likeness (QED) is 0.636. The van der Waals surface area contributed by atoms with Gasteiger partial charge in [0, 0.05) is 29.9 Å². The molecule has 31 heavy (non-hydrogen) atoms. The first kappa shape index (κ1) is 21.5. The fourth-order valence-electron chi connectivity index (χ4n) is 4.15. The summed E-state index contributed by atoms with van der Waals surface area (Å²) in [4.78, 5) is 18.1. The van der Waals surface area contributed by atoms with Crippen molar-refractivity contribution in [1.82, 2.24) is 9.29 Å². The third-order valence-electron chi connectivity index (χ3n) is 5.86. The number of carbonyl (C=O) groups excluding carboxylic acids is 1. The highest BCUT2D eigenvalue weighted by Gasteiger charge is 2.26. The summed E-state index contributed by atoms with van der Waals surface area (Å²) in [6, 6.07) is 14.0. The van der Waals surface area contributed by atoms with E-state index in [-0.39, 0.29) is 10.8 Å². The summed E-state index contributed by atoms with van der Waals surface area (Å²) in [6.45, 7) is 5.07. The van der Waals surface area contributed by atoms with E-state index in [0.29, 0.717) is 24.3 Å². The summed E-state index contributed by atoms with van der Waals surface area (Å²) < 4.78 is 27.2. The molecule has 0 spiro atoms. The van der Waals surface area contributed by atoms with Gasteiger partial charge in [0.25, 0.3) is 5.91 Å². The van der Waals surface area contributed by atoms with Crippen molar-refractivity contribution in [3.63, 3.8) is 0 Å². The molecule has 6 nitrogen and oxygen atoms in total. The number of anilines is 1. The molecule has 2 heterocycles. The van der Waals surface area contributed by atoms with Gasteiger partial charge in [-0.15, -0.1) is 0 Å². The Morgan fingerprint density at radius 2 is 1.71 bits per heavy atom. The summed E-state index contributed by atoms with van der Waals surface area (Å²) in [5.41, 5.74) is 3.71. The number of para-hydroxylation sites is 1. The fraction of sp³-hybridized carbons (Fsp3) is 0.333. The van der Waals surface area contributed by atoms with E-state index in [1.54, 1.807) is 28.6 Å². The molecule has 0 radical (unpaired) electrons. The Morgan fingerprint density at radius 3 is 2.39 bits per heavy atom. The Hall–Kier alpha value is -2.77. The number of amides is 1. The van der Waals surface area contributed by atoms with Gasteiger partial charge in [0.2, 0.25) is 10.0 Å². The third-order valence-corrected chi connectivity index (χ3v) is 7.78. The predicted octanol–water partition coefficient (Wildman–Crippen LogP) is 4.53. The normalized spacial score (nSPS) is 15.2. The molecule has 1 saturated heterocycles. The molecule has 0 aliphatic carbocycles. The SMILES string of the molecule is CCc1nc2ccccc2c(C(=O)Nc2ccc(S(=O)(=O)N3CCCCC3)cc2)c1C. The van der Waals surface area contributed by atoms with Crippen LogP contribution in [0.2, 0.25) is 0 Å². The Balaban J connectivity index is 1.61. The molecule has 0 atom stereocenters. The van der Waals surface area contributed by atoms with Crippen LogP contribution in [-0.4, -0.2) is 36.7 Å². The van der Waals surface area contributed by atoms with Crippen LogP contribution in [0.5, 0.6) is 0 Å². The van der Waals surface area contributed by atoms with Gasteiger partial charge in [-0.3, -0.25) is 9.78 Å². The van der Waals surface area contributed by atoms with Crippen LogP contribution in [0, 0.1) is 6.92 Å². The molecule has 1 amide bonds. The zero-order chi connectivity index (χ0) is 22.0. The highest BCUT2D eigenvalue weighted by molar-refractivity contribution is 7.89. The number of aromatic nitrogens is 1. The fourth-order valence-corrected chi connectivity index (χ4v) is 5.67. The molecule has 1 N–H and O–H groups in total. The lowest BCUT2D eigenvalue weighted by molar-refractivity contribution is 0.102. The molecule has 0 unspecified atom stereocenters. The van der Waals surface area contributed by atoms with Crippen LogP contribution in [0.1, 0.15) is 47.8 Å². The summed E-state index contributed by atoms with van der Waals surface area (Å²) in [5.74, 6) is -0.225. The first-order valence-corrected chi connectivity index (χ1v) is 12.2. The lowest BCUT2D eigenvalue weighted by atomic mass is 9.99. The largest absolute Gasteiger partial charge is 0.322 e. The van der Waals surface area contributed by atoms with Crippen molar-refractivity contribution in [2.24, 2.45) is 0 Å². The van der Waals surface area contributed by atoms with Gasteiger partial charge >= 0.3 is 0 Å². The Morgan fingerprint density at radius 1 is 1.03 bits per heavy atom.